The van der Waals surface area contributed by atoms with Gasteiger partial charge in [-0.15, -0.1) is 0 Å². The Morgan fingerprint density at radius 3 is 3.12 bits per heavy atom. The molecule has 0 spiro atoms. The first kappa shape index (κ1) is 11.2. The standard InChI is InChI=1S/C11H14N6/c1-2-16(6-3-4-12)11-10-14-5-7-17(10)8-9(13)15-11/h5,7-8H,2-3,6,13H2,1H3. The molecule has 17 heavy (non-hydrogen) atoms. The number of nitriles is 1. The summed E-state index contributed by atoms with van der Waals surface area (Å²) in [4.78, 5) is 10.6. The number of anilines is 2. The quantitative estimate of drug-likeness (QED) is 0.848. The molecular formula is C11H14N6. The van der Waals surface area contributed by atoms with Gasteiger partial charge >= 0.3 is 0 Å². The number of aromatic nitrogens is 3. The molecule has 2 aromatic heterocycles. The molecule has 0 amide bonds. The molecule has 0 aliphatic rings. The van der Waals surface area contributed by atoms with Gasteiger partial charge in [0.15, 0.2) is 11.5 Å². The Bertz CT molecular complexity index is 553. The SMILES string of the molecule is CCN(CCC#N)c1nc(N)cn2ccnc12. The molecule has 2 rings (SSSR count). The Morgan fingerprint density at radius 1 is 1.59 bits per heavy atom. The van der Waals surface area contributed by atoms with Gasteiger partial charge in [-0.3, -0.25) is 0 Å². The molecule has 2 heterocycles. The highest BCUT2D eigenvalue weighted by molar-refractivity contribution is 5.66. The zero-order valence-corrected chi connectivity index (χ0v) is 9.67. The maximum absolute atomic E-state index is 8.64. The zero-order valence-electron chi connectivity index (χ0n) is 9.67. The minimum atomic E-state index is 0.445. The molecular weight excluding hydrogens is 216 g/mol. The minimum Gasteiger partial charge on any atom is -0.382 e. The average Bonchev–Trinajstić information content (AvgIpc) is 2.77. The maximum Gasteiger partial charge on any atom is 0.180 e. The van der Waals surface area contributed by atoms with Crippen LogP contribution < -0.4 is 10.6 Å². The Labute approximate surface area is 99.3 Å². The number of fused-ring (bicyclic) bond motifs is 1. The Balaban J connectivity index is 2.44. The van der Waals surface area contributed by atoms with Crippen LogP contribution in [0.3, 0.4) is 0 Å². The summed E-state index contributed by atoms with van der Waals surface area (Å²) in [5.41, 5.74) is 6.52. The highest BCUT2D eigenvalue weighted by Gasteiger charge is 2.12. The van der Waals surface area contributed by atoms with Crippen molar-refractivity contribution < 1.29 is 0 Å². The summed E-state index contributed by atoms with van der Waals surface area (Å²) >= 11 is 0. The van der Waals surface area contributed by atoms with Crippen molar-refractivity contribution in [2.45, 2.75) is 13.3 Å². The van der Waals surface area contributed by atoms with E-state index in [0.29, 0.717) is 18.8 Å². The van der Waals surface area contributed by atoms with E-state index in [1.54, 1.807) is 12.4 Å². The second kappa shape index (κ2) is 4.70. The molecule has 6 heteroatoms. The fourth-order valence-corrected chi connectivity index (χ4v) is 1.74. The summed E-state index contributed by atoms with van der Waals surface area (Å²) in [6, 6.07) is 2.13. The van der Waals surface area contributed by atoms with Crippen molar-refractivity contribution in [3.8, 4) is 6.07 Å². The van der Waals surface area contributed by atoms with Crippen LogP contribution in [0, 0.1) is 11.3 Å². The smallest absolute Gasteiger partial charge is 0.180 e. The molecule has 0 fully saturated rings. The van der Waals surface area contributed by atoms with Crippen LogP contribution in [-0.4, -0.2) is 27.5 Å². The van der Waals surface area contributed by atoms with Gasteiger partial charge < -0.3 is 15.0 Å². The largest absolute Gasteiger partial charge is 0.382 e. The number of hydrogen-bond donors (Lipinski definition) is 1. The van der Waals surface area contributed by atoms with Crippen molar-refractivity contribution in [2.75, 3.05) is 23.7 Å². The van der Waals surface area contributed by atoms with Crippen molar-refractivity contribution in [1.29, 1.82) is 5.26 Å². The highest BCUT2D eigenvalue weighted by atomic mass is 15.2. The molecule has 0 aromatic carbocycles. The number of hydrogen-bond acceptors (Lipinski definition) is 5. The molecule has 0 saturated carbocycles. The number of nitrogens with two attached hydrogens (primary N) is 1. The normalized spacial score (nSPS) is 10.4. The van der Waals surface area contributed by atoms with Gasteiger partial charge in [0, 0.05) is 25.5 Å². The van der Waals surface area contributed by atoms with Gasteiger partial charge in [0.25, 0.3) is 0 Å². The third kappa shape index (κ3) is 2.13. The van der Waals surface area contributed by atoms with Crippen molar-refractivity contribution in [3.63, 3.8) is 0 Å². The van der Waals surface area contributed by atoms with E-state index in [0.717, 1.165) is 18.0 Å². The molecule has 6 nitrogen and oxygen atoms in total. The average molecular weight is 230 g/mol. The van der Waals surface area contributed by atoms with Gasteiger partial charge in [-0.25, -0.2) is 9.97 Å². The van der Waals surface area contributed by atoms with E-state index in [4.69, 9.17) is 11.0 Å². The topological polar surface area (TPSA) is 83.2 Å². The monoisotopic (exact) mass is 230 g/mol. The predicted octanol–water partition coefficient (Wildman–Crippen LogP) is 1.05. The molecule has 0 saturated heterocycles. The summed E-state index contributed by atoms with van der Waals surface area (Å²) in [5, 5.41) is 8.64. The lowest BCUT2D eigenvalue weighted by molar-refractivity contribution is 0.810. The van der Waals surface area contributed by atoms with Gasteiger partial charge in [0.05, 0.1) is 18.7 Å². The van der Waals surface area contributed by atoms with E-state index in [9.17, 15) is 0 Å². The molecule has 2 aromatic rings. The number of nitrogens with zero attached hydrogens (tertiary/aromatic N) is 5. The van der Waals surface area contributed by atoms with Crippen LogP contribution in [0.25, 0.3) is 5.65 Å². The van der Waals surface area contributed by atoms with Gasteiger partial charge in [-0.1, -0.05) is 0 Å². The van der Waals surface area contributed by atoms with Crippen LogP contribution in [0.1, 0.15) is 13.3 Å². The van der Waals surface area contributed by atoms with Gasteiger partial charge in [0.1, 0.15) is 5.82 Å². The van der Waals surface area contributed by atoms with E-state index in [-0.39, 0.29) is 0 Å². The lowest BCUT2D eigenvalue weighted by Crippen LogP contribution is -2.25. The third-order valence-electron chi connectivity index (χ3n) is 2.55. The van der Waals surface area contributed by atoms with Crippen LogP contribution in [0.15, 0.2) is 18.6 Å². The van der Waals surface area contributed by atoms with Crippen LogP contribution in [0.4, 0.5) is 11.6 Å². The summed E-state index contributed by atoms with van der Waals surface area (Å²) in [7, 11) is 0. The van der Waals surface area contributed by atoms with Crippen LogP contribution in [-0.2, 0) is 0 Å². The maximum atomic E-state index is 8.64. The second-order valence-electron chi connectivity index (χ2n) is 3.64. The third-order valence-corrected chi connectivity index (χ3v) is 2.55. The van der Waals surface area contributed by atoms with E-state index in [1.165, 1.54) is 0 Å². The molecule has 0 atom stereocenters. The van der Waals surface area contributed by atoms with Gasteiger partial charge in [-0.05, 0) is 6.92 Å². The van der Waals surface area contributed by atoms with Crippen molar-refractivity contribution in [1.82, 2.24) is 14.4 Å². The number of rotatable bonds is 4. The summed E-state index contributed by atoms with van der Waals surface area (Å²) in [6.07, 6.45) is 5.72. The molecule has 0 unspecified atom stereocenters. The lowest BCUT2D eigenvalue weighted by atomic mass is 10.4. The Morgan fingerprint density at radius 2 is 2.41 bits per heavy atom. The van der Waals surface area contributed by atoms with Crippen molar-refractivity contribution in [3.05, 3.63) is 18.6 Å². The number of imidazole rings is 1. The van der Waals surface area contributed by atoms with Crippen LogP contribution in [0.5, 0.6) is 0 Å². The predicted molar refractivity (Wildman–Crippen MR) is 65.5 cm³/mol. The van der Waals surface area contributed by atoms with Crippen molar-refractivity contribution >= 4 is 17.3 Å². The lowest BCUT2D eigenvalue weighted by Gasteiger charge is -2.21. The molecule has 88 valence electrons. The molecule has 0 radical (unpaired) electrons. The van der Waals surface area contributed by atoms with E-state index in [2.05, 4.69) is 16.0 Å². The van der Waals surface area contributed by atoms with E-state index in [1.807, 2.05) is 22.4 Å². The first-order valence-corrected chi connectivity index (χ1v) is 5.47. The van der Waals surface area contributed by atoms with E-state index < -0.39 is 0 Å². The first-order valence-electron chi connectivity index (χ1n) is 5.47. The Kier molecular flexibility index (Phi) is 3.10. The zero-order chi connectivity index (χ0) is 12.3. The van der Waals surface area contributed by atoms with Gasteiger partial charge in [0.2, 0.25) is 0 Å². The highest BCUT2D eigenvalue weighted by Crippen LogP contribution is 2.19. The molecule has 0 aliphatic heterocycles. The Hall–Kier alpha value is -2.29. The van der Waals surface area contributed by atoms with E-state index >= 15 is 0 Å². The first-order chi connectivity index (χ1) is 8.26. The van der Waals surface area contributed by atoms with Crippen LogP contribution in [0.2, 0.25) is 0 Å². The molecule has 0 aliphatic carbocycles. The summed E-state index contributed by atoms with van der Waals surface area (Å²) in [5.74, 6) is 1.17. The number of nitrogen functional groups attached to an aromatic ring is 1. The van der Waals surface area contributed by atoms with Crippen molar-refractivity contribution in [2.24, 2.45) is 0 Å². The summed E-state index contributed by atoms with van der Waals surface area (Å²) < 4.78 is 1.84. The summed E-state index contributed by atoms with van der Waals surface area (Å²) in [6.45, 7) is 3.41. The molecule has 0 bridgehead atoms. The minimum absolute atomic E-state index is 0.445. The fourth-order valence-electron chi connectivity index (χ4n) is 1.74. The van der Waals surface area contributed by atoms with Gasteiger partial charge in [-0.2, -0.15) is 5.26 Å². The fraction of sp³-hybridized carbons (Fsp3) is 0.364. The second-order valence-corrected chi connectivity index (χ2v) is 3.64. The van der Waals surface area contributed by atoms with Crippen LogP contribution >= 0.6 is 0 Å². The molecule has 2 N–H and O–H groups in total.